The highest BCUT2D eigenvalue weighted by molar-refractivity contribution is 7.61. The molecule has 0 radical (unpaired) electrons. The van der Waals surface area contributed by atoms with Crippen molar-refractivity contribution in [1.82, 2.24) is 0 Å². The van der Waals surface area contributed by atoms with Gasteiger partial charge in [-0.3, -0.25) is 0 Å². The number of hydrogen-bond acceptors (Lipinski definition) is 3. The van der Waals surface area contributed by atoms with Crippen LogP contribution in [0.5, 0.6) is 11.5 Å². The molecule has 3 rings (SSSR count). The molecule has 3 aromatic rings. The highest BCUT2D eigenvalue weighted by Crippen LogP contribution is 2.44. The molecule has 0 fully saturated rings. The zero-order chi connectivity index (χ0) is 16.8. The predicted octanol–water partition coefficient (Wildman–Crippen LogP) is 4.16. The number of benzene rings is 3. The molecule has 0 heterocycles. The summed E-state index contributed by atoms with van der Waals surface area (Å²) in [5, 5.41) is 0.239. The molecule has 3 aromatic carbocycles. The van der Waals surface area contributed by atoms with Gasteiger partial charge in [0.25, 0.3) is 0 Å². The summed E-state index contributed by atoms with van der Waals surface area (Å²) in [5.74, 6) is 0.662. The summed E-state index contributed by atoms with van der Waals surface area (Å²) in [6.45, 7) is 0.349. The standard InChI is InChI=1S/C19H17O4P/c20-24(21,17-11-5-2-6-12-17)23-19-14-8-7-13-18(19)22-15-16-9-3-1-4-10-16/h1-14H,15H2,(H,20,21). The molecule has 0 aliphatic heterocycles. The fourth-order valence-corrected chi connectivity index (χ4v) is 3.25. The van der Waals surface area contributed by atoms with E-state index in [-0.39, 0.29) is 11.1 Å². The van der Waals surface area contributed by atoms with E-state index in [0.29, 0.717) is 12.4 Å². The lowest BCUT2D eigenvalue weighted by molar-refractivity contribution is 0.292. The third-order valence-electron chi connectivity index (χ3n) is 3.39. The molecule has 1 atom stereocenters. The van der Waals surface area contributed by atoms with Crippen molar-refractivity contribution in [3.63, 3.8) is 0 Å². The number of para-hydroxylation sites is 2. The molecule has 0 amide bonds. The van der Waals surface area contributed by atoms with Gasteiger partial charge in [0.1, 0.15) is 6.61 Å². The van der Waals surface area contributed by atoms with Gasteiger partial charge in [-0.25, -0.2) is 4.57 Å². The van der Waals surface area contributed by atoms with Crippen LogP contribution in [0, 0.1) is 0 Å². The maximum atomic E-state index is 12.5. The van der Waals surface area contributed by atoms with Crippen molar-refractivity contribution in [3.05, 3.63) is 90.5 Å². The Kier molecular flexibility index (Phi) is 4.99. The lowest BCUT2D eigenvalue weighted by Crippen LogP contribution is -2.09. The van der Waals surface area contributed by atoms with Crippen molar-refractivity contribution >= 4 is 12.9 Å². The predicted molar refractivity (Wildman–Crippen MR) is 93.7 cm³/mol. The van der Waals surface area contributed by atoms with Gasteiger partial charge < -0.3 is 14.2 Å². The SMILES string of the molecule is O=P(O)(Oc1ccccc1OCc1ccccc1)c1ccccc1. The van der Waals surface area contributed by atoms with Gasteiger partial charge in [-0.1, -0.05) is 60.7 Å². The molecule has 122 valence electrons. The Morgan fingerprint density at radius 1 is 0.750 bits per heavy atom. The van der Waals surface area contributed by atoms with Crippen molar-refractivity contribution in [2.45, 2.75) is 6.61 Å². The van der Waals surface area contributed by atoms with E-state index in [1.807, 2.05) is 30.3 Å². The molecular weight excluding hydrogens is 323 g/mol. The third-order valence-corrected chi connectivity index (χ3v) is 4.79. The van der Waals surface area contributed by atoms with E-state index in [1.54, 1.807) is 54.6 Å². The quantitative estimate of drug-likeness (QED) is 0.685. The Morgan fingerprint density at radius 2 is 1.29 bits per heavy atom. The van der Waals surface area contributed by atoms with Crippen molar-refractivity contribution in [3.8, 4) is 11.5 Å². The Balaban J connectivity index is 1.78. The van der Waals surface area contributed by atoms with E-state index >= 15 is 0 Å². The maximum absolute atomic E-state index is 12.5. The summed E-state index contributed by atoms with van der Waals surface area (Å²) in [4.78, 5) is 10.2. The maximum Gasteiger partial charge on any atom is 0.408 e. The Bertz CT molecular complexity index is 834. The highest BCUT2D eigenvalue weighted by atomic mass is 31.2. The fraction of sp³-hybridized carbons (Fsp3) is 0.0526. The first-order valence-corrected chi connectivity index (χ1v) is 9.07. The molecule has 5 heteroatoms. The Morgan fingerprint density at radius 3 is 1.96 bits per heavy atom. The van der Waals surface area contributed by atoms with E-state index in [0.717, 1.165) is 5.56 Å². The largest absolute Gasteiger partial charge is 0.485 e. The van der Waals surface area contributed by atoms with E-state index in [2.05, 4.69) is 0 Å². The summed E-state index contributed by atoms with van der Waals surface area (Å²) in [6.07, 6.45) is 0. The lowest BCUT2D eigenvalue weighted by Gasteiger charge is -2.16. The molecule has 0 bridgehead atoms. The average molecular weight is 340 g/mol. The van der Waals surface area contributed by atoms with Gasteiger partial charge in [0.15, 0.2) is 11.5 Å². The summed E-state index contributed by atoms with van der Waals surface area (Å²) >= 11 is 0. The molecule has 0 aliphatic rings. The van der Waals surface area contributed by atoms with Crippen LogP contribution in [0.2, 0.25) is 0 Å². The van der Waals surface area contributed by atoms with E-state index in [9.17, 15) is 9.46 Å². The zero-order valence-corrected chi connectivity index (χ0v) is 13.8. The summed E-state index contributed by atoms with van der Waals surface area (Å²) < 4.78 is 23.6. The van der Waals surface area contributed by atoms with Crippen LogP contribution in [0.1, 0.15) is 5.56 Å². The second-order valence-electron chi connectivity index (χ2n) is 5.17. The normalized spacial score (nSPS) is 13.0. The first-order chi connectivity index (χ1) is 11.6. The minimum absolute atomic E-state index is 0.239. The van der Waals surface area contributed by atoms with Crippen LogP contribution in [0.15, 0.2) is 84.9 Å². The average Bonchev–Trinajstić information content (AvgIpc) is 2.62. The molecule has 0 saturated heterocycles. The van der Waals surface area contributed by atoms with Crippen molar-refractivity contribution in [2.75, 3.05) is 0 Å². The topological polar surface area (TPSA) is 55.8 Å². The first-order valence-electron chi connectivity index (χ1n) is 7.49. The molecular formula is C19H17O4P. The third kappa shape index (κ3) is 4.05. The van der Waals surface area contributed by atoms with Crippen molar-refractivity contribution in [2.24, 2.45) is 0 Å². The molecule has 0 spiro atoms. The molecule has 4 nitrogen and oxygen atoms in total. The second-order valence-corrected chi connectivity index (χ2v) is 6.91. The summed E-state index contributed by atoms with van der Waals surface area (Å²) in [5.41, 5.74) is 1.00. The van der Waals surface area contributed by atoms with E-state index in [1.165, 1.54) is 0 Å². The molecule has 1 unspecified atom stereocenters. The van der Waals surface area contributed by atoms with Crippen LogP contribution < -0.4 is 14.6 Å². The van der Waals surface area contributed by atoms with Crippen LogP contribution in [0.25, 0.3) is 0 Å². The summed E-state index contributed by atoms with van der Waals surface area (Å²) in [6, 6.07) is 24.8. The van der Waals surface area contributed by atoms with Gasteiger partial charge in [0.2, 0.25) is 0 Å². The van der Waals surface area contributed by atoms with Gasteiger partial charge in [-0.05, 0) is 29.8 Å². The fourth-order valence-electron chi connectivity index (χ4n) is 2.18. The Hall–Kier alpha value is -2.55. The molecule has 0 saturated carbocycles. The Labute approximate surface area is 140 Å². The monoisotopic (exact) mass is 340 g/mol. The molecule has 0 aromatic heterocycles. The van der Waals surface area contributed by atoms with Gasteiger partial charge >= 0.3 is 7.60 Å². The van der Waals surface area contributed by atoms with Crippen LogP contribution in [-0.4, -0.2) is 4.89 Å². The van der Waals surface area contributed by atoms with Gasteiger partial charge in [0, 0.05) is 0 Å². The number of ether oxygens (including phenoxy) is 1. The second kappa shape index (κ2) is 7.35. The highest BCUT2D eigenvalue weighted by Gasteiger charge is 2.25. The zero-order valence-electron chi connectivity index (χ0n) is 12.9. The van der Waals surface area contributed by atoms with Crippen LogP contribution >= 0.6 is 7.60 Å². The molecule has 1 N–H and O–H groups in total. The van der Waals surface area contributed by atoms with Crippen molar-refractivity contribution in [1.29, 1.82) is 0 Å². The van der Waals surface area contributed by atoms with Crippen molar-refractivity contribution < 1.29 is 18.7 Å². The molecule has 0 aliphatic carbocycles. The molecule has 24 heavy (non-hydrogen) atoms. The van der Waals surface area contributed by atoms with Crippen LogP contribution in [0.4, 0.5) is 0 Å². The lowest BCUT2D eigenvalue weighted by atomic mass is 10.2. The first kappa shape index (κ1) is 16.3. The van der Waals surface area contributed by atoms with Crippen LogP contribution in [-0.2, 0) is 11.2 Å². The number of rotatable bonds is 6. The van der Waals surface area contributed by atoms with Crippen LogP contribution in [0.3, 0.4) is 0 Å². The van der Waals surface area contributed by atoms with Gasteiger partial charge in [0.05, 0.1) is 5.30 Å². The van der Waals surface area contributed by atoms with Gasteiger partial charge in [-0.2, -0.15) is 0 Å². The van der Waals surface area contributed by atoms with Gasteiger partial charge in [-0.15, -0.1) is 0 Å². The van der Waals surface area contributed by atoms with E-state index < -0.39 is 7.60 Å². The smallest absolute Gasteiger partial charge is 0.408 e. The minimum Gasteiger partial charge on any atom is -0.485 e. The minimum atomic E-state index is -3.97. The van der Waals surface area contributed by atoms with E-state index in [4.69, 9.17) is 9.26 Å². The number of hydrogen-bond donors (Lipinski definition) is 1. The summed E-state index contributed by atoms with van der Waals surface area (Å²) in [7, 11) is -3.97.